The quantitative estimate of drug-likeness (QED) is 0.773. The predicted molar refractivity (Wildman–Crippen MR) is 53.4 cm³/mol. The summed E-state index contributed by atoms with van der Waals surface area (Å²) >= 11 is 3.36. The van der Waals surface area contributed by atoms with Gasteiger partial charge in [0.1, 0.15) is 0 Å². The predicted octanol–water partition coefficient (Wildman–Crippen LogP) is 1.80. The topological polar surface area (TPSA) is 41.1 Å². The van der Waals surface area contributed by atoms with Crippen LogP contribution < -0.4 is 10.6 Å². The van der Waals surface area contributed by atoms with Crippen molar-refractivity contribution in [3.63, 3.8) is 0 Å². The zero-order valence-electron chi connectivity index (χ0n) is 6.88. The minimum atomic E-state index is -0.0899. The SMILES string of the molecule is O=C1NC[C@@H](c2ccc(Br)cc2)N1. The van der Waals surface area contributed by atoms with Gasteiger partial charge in [0.15, 0.2) is 0 Å². The Bertz CT molecular complexity index is 323. The fourth-order valence-electron chi connectivity index (χ4n) is 1.35. The van der Waals surface area contributed by atoms with Crippen molar-refractivity contribution in [2.24, 2.45) is 0 Å². The molecule has 4 heteroatoms. The first kappa shape index (κ1) is 8.56. The van der Waals surface area contributed by atoms with Gasteiger partial charge in [-0.15, -0.1) is 0 Å². The van der Waals surface area contributed by atoms with Gasteiger partial charge < -0.3 is 10.6 Å². The van der Waals surface area contributed by atoms with E-state index in [0.29, 0.717) is 6.54 Å². The van der Waals surface area contributed by atoms with Crippen LogP contribution in [0.5, 0.6) is 0 Å². The van der Waals surface area contributed by atoms with Crippen LogP contribution >= 0.6 is 15.9 Å². The summed E-state index contributed by atoms with van der Waals surface area (Å²) in [5.74, 6) is 0. The summed E-state index contributed by atoms with van der Waals surface area (Å²) in [6.45, 7) is 0.667. The van der Waals surface area contributed by atoms with Gasteiger partial charge in [0, 0.05) is 11.0 Å². The minimum Gasteiger partial charge on any atom is -0.336 e. The first-order chi connectivity index (χ1) is 6.25. The van der Waals surface area contributed by atoms with Gasteiger partial charge >= 0.3 is 6.03 Å². The molecule has 1 fully saturated rings. The Morgan fingerprint density at radius 1 is 1.31 bits per heavy atom. The third-order valence-corrected chi connectivity index (χ3v) is 2.57. The lowest BCUT2D eigenvalue weighted by atomic mass is 10.1. The molecule has 0 unspecified atom stereocenters. The molecule has 0 bridgehead atoms. The summed E-state index contributed by atoms with van der Waals surface area (Å²) in [6, 6.07) is 7.97. The molecule has 3 nitrogen and oxygen atoms in total. The van der Waals surface area contributed by atoms with E-state index in [1.54, 1.807) is 0 Å². The molecule has 68 valence electrons. The third-order valence-electron chi connectivity index (χ3n) is 2.04. The molecule has 0 aromatic heterocycles. The van der Waals surface area contributed by atoms with Crippen LogP contribution in [0.1, 0.15) is 11.6 Å². The second-order valence-corrected chi connectivity index (χ2v) is 3.87. The fraction of sp³-hybridized carbons (Fsp3) is 0.222. The van der Waals surface area contributed by atoms with E-state index < -0.39 is 0 Å². The monoisotopic (exact) mass is 240 g/mol. The van der Waals surface area contributed by atoms with Crippen LogP contribution in [0.15, 0.2) is 28.7 Å². The molecule has 1 aliphatic rings. The Labute approximate surface area is 84.6 Å². The number of hydrogen-bond donors (Lipinski definition) is 2. The van der Waals surface area contributed by atoms with E-state index in [1.807, 2.05) is 24.3 Å². The second kappa shape index (κ2) is 3.38. The van der Waals surface area contributed by atoms with Crippen LogP contribution in [0.2, 0.25) is 0 Å². The fourth-order valence-corrected chi connectivity index (χ4v) is 1.62. The lowest BCUT2D eigenvalue weighted by Crippen LogP contribution is -2.21. The molecule has 0 radical (unpaired) electrons. The Morgan fingerprint density at radius 2 is 2.00 bits per heavy atom. The van der Waals surface area contributed by atoms with E-state index >= 15 is 0 Å². The van der Waals surface area contributed by atoms with Crippen molar-refractivity contribution in [1.82, 2.24) is 10.6 Å². The average molecular weight is 241 g/mol. The molecule has 2 rings (SSSR count). The van der Waals surface area contributed by atoms with Crippen molar-refractivity contribution in [3.05, 3.63) is 34.3 Å². The molecule has 1 aromatic rings. The number of carbonyl (C=O) groups is 1. The van der Waals surface area contributed by atoms with Crippen LogP contribution in [0, 0.1) is 0 Å². The maximum atomic E-state index is 10.9. The van der Waals surface area contributed by atoms with E-state index in [4.69, 9.17) is 0 Å². The zero-order chi connectivity index (χ0) is 9.26. The van der Waals surface area contributed by atoms with Crippen LogP contribution in [-0.4, -0.2) is 12.6 Å². The maximum Gasteiger partial charge on any atom is 0.315 e. The summed E-state index contributed by atoms with van der Waals surface area (Å²) in [6.07, 6.45) is 0. The molecule has 2 amide bonds. The maximum absolute atomic E-state index is 10.9. The first-order valence-corrected chi connectivity index (χ1v) is 4.85. The minimum absolute atomic E-state index is 0.0899. The van der Waals surface area contributed by atoms with Crippen LogP contribution in [0.3, 0.4) is 0 Å². The molecular formula is C9H9BrN2O. The lowest BCUT2D eigenvalue weighted by molar-refractivity contribution is 0.247. The van der Waals surface area contributed by atoms with Crippen molar-refractivity contribution in [2.75, 3.05) is 6.54 Å². The van der Waals surface area contributed by atoms with Gasteiger partial charge in [0.2, 0.25) is 0 Å². The van der Waals surface area contributed by atoms with Crippen molar-refractivity contribution < 1.29 is 4.79 Å². The molecule has 0 spiro atoms. The van der Waals surface area contributed by atoms with E-state index in [9.17, 15) is 4.79 Å². The van der Waals surface area contributed by atoms with Gasteiger partial charge in [0.05, 0.1) is 6.04 Å². The number of urea groups is 1. The Balaban J connectivity index is 2.17. The number of halogens is 1. The lowest BCUT2D eigenvalue weighted by Gasteiger charge is -2.07. The second-order valence-electron chi connectivity index (χ2n) is 2.96. The third kappa shape index (κ3) is 1.83. The van der Waals surface area contributed by atoms with Crippen molar-refractivity contribution in [3.8, 4) is 0 Å². The number of benzene rings is 1. The highest BCUT2D eigenvalue weighted by Crippen LogP contribution is 2.18. The molecule has 13 heavy (non-hydrogen) atoms. The molecule has 1 aromatic carbocycles. The van der Waals surface area contributed by atoms with Crippen molar-refractivity contribution in [1.29, 1.82) is 0 Å². The van der Waals surface area contributed by atoms with Crippen LogP contribution in [0.4, 0.5) is 4.79 Å². The van der Waals surface area contributed by atoms with Crippen LogP contribution in [-0.2, 0) is 0 Å². The molecule has 1 heterocycles. The van der Waals surface area contributed by atoms with Crippen molar-refractivity contribution >= 4 is 22.0 Å². The Morgan fingerprint density at radius 3 is 2.54 bits per heavy atom. The van der Waals surface area contributed by atoms with E-state index in [0.717, 1.165) is 10.0 Å². The van der Waals surface area contributed by atoms with Gasteiger partial charge in [-0.2, -0.15) is 0 Å². The van der Waals surface area contributed by atoms with Crippen molar-refractivity contribution in [2.45, 2.75) is 6.04 Å². The summed E-state index contributed by atoms with van der Waals surface area (Å²) in [5, 5.41) is 5.55. The largest absolute Gasteiger partial charge is 0.336 e. The highest BCUT2D eigenvalue weighted by atomic mass is 79.9. The summed E-state index contributed by atoms with van der Waals surface area (Å²) in [5.41, 5.74) is 1.13. The zero-order valence-corrected chi connectivity index (χ0v) is 8.47. The van der Waals surface area contributed by atoms with Gasteiger partial charge in [-0.05, 0) is 17.7 Å². The normalized spacial score (nSPS) is 21.0. The van der Waals surface area contributed by atoms with Gasteiger partial charge in [-0.25, -0.2) is 4.79 Å². The standard InChI is InChI=1S/C9H9BrN2O/c10-7-3-1-6(2-4-7)8-5-11-9(13)12-8/h1-4,8H,5H2,(H2,11,12,13)/t8-/m0/s1. The van der Waals surface area contributed by atoms with Crippen LogP contribution in [0.25, 0.3) is 0 Å². The highest BCUT2D eigenvalue weighted by Gasteiger charge is 2.20. The van der Waals surface area contributed by atoms with Gasteiger partial charge in [-0.3, -0.25) is 0 Å². The number of amides is 2. The number of rotatable bonds is 1. The molecule has 0 saturated carbocycles. The molecule has 1 aliphatic heterocycles. The summed E-state index contributed by atoms with van der Waals surface area (Å²) < 4.78 is 1.05. The van der Waals surface area contributed by atoms with E-state index in [2.05, 4.69) is 26.6 Å². The number of carbonyl (C=O) groups excluding carboxylic acids is 1. The first-order valence-electron chi connectivity index (χ1n) is 4.05. The summed E-state index contributed by atoms with van der Waals surface area (Å²) in [4.78, 5) is 10.9. The summed E-state index contributed by atoms with van der Waals surface area (Å²) in [7, 11) is 0. The Kier molecular flexibility index (Phi) is 2.22. The molecule has 2 N–H and O–H groups in total. The van der Waals surface area contributed by atoms with E-state index in [-0.39, 0.29) is 12.1 Å². The highest BCUT2D eigenvalue weighted by molar-refractivity contribution is 9.10. The van der Waals surface area contributed by atoms with Gasteiger partial charge in [0.25, 0.3) is 0 Å². The molecule has 1 atom stereocenters. The Hall–Kier alpha value is -1.03. The molecule has 1 saturated heterocycles. The molecular weight excluding hydrogens is 232 g/mol. The molecule has 0 aliphatic carbocycles. The smallest absolute Gasteiger partial charge is 0.315 e. The number of nitrogens with one attached hydrogen (secondary N) is 2. The average Bonchev–Trinajstić information content (AvgIpc) is 2.53. The van der Waals surface area contributed by atoms with Gasteiger partial charge in [-0.1, -0.05) is 28.1 Å². The number of hydrogen-bond acceptors (Lipinski definition) is 1. The van der Waals surface area contributed by atoms with E-state index in [1.165, 1.54) is 0 Å².